The third-order valence-electron chi connectivity index (χ3n) is 1.57. The molecule has 0 atom stereocenters. The van der Waals surface area contributed by atoms with Crippen molar-refractivity contribution in [2.75, 3.05) is 11.5 Å². The van der Waals surface area contributed by atoms with Crippen molar-refractivity contribution in [1.29, 1.82) is 0 Å². The van der Waals surface area contributed by atoms with E-state index in [-0.39, 0.29) is 17.1 Å². The third-order valence-corrected chi connectivity index (χ3v) is 1.57. The van der Waals surface area contributed by atoms with Crippen LogP contribution in [0, 0.1) is 0 Å². The minimum absolute atomic E-state index is 0.0333. The van der Waals surface area contributed by atoms with Gasteiger partial charge < -0.3 is 11.5 Å². The van der Waals surface area contributed by atoms with E-state index in [0.29, 0.717) is 6.54 Å². The summed E-state index contributed by atoms with van der Waals surface area (Å²) in [4.78, 5) is 15.1. The maximum Gasteiger partial charge on any atom is 0.278 e. The third kappa shape index (κ3) is 1.39. The molecule has 1 rings (SSSR count). The zero-order valence-electron chi connectivity index (χ0n) is 6.95. The van der Waals surface area contributed by atoms with Crippen molar-refractivity contribution in [2.24, 2.45) is 0 Å². The number of anilines is 2. The number of rotatable bonds is 2. The maximum atomic E-state index is 11.3. The molecule has 0 fully saturated rings. The zero-order chi connectivity index (χ0) is 9.14. The minimum Gasteiger partial charge on any atom is -0.391 e. The minimum atomic E-state index is -0.260. The van der Waals surface area contributed by atoms with Gasteiger partial charge in [-0.05, 0) is 6.42 Å². The van der Waals surface area contributed by atoms with Gasteiger partial charge in [-0.2, -0.15) is 0 Å². The molecule has 0 aromatic carbocycles. The molecule has 12 heavy (non-hydrogen) atoms. The van der Waals surface area contributed by atoms with Crippen LogP contribution in [0.5, 0.6) is 0 Å². The molecule has 5 nitrogen and oxygen atoms in total. The predicted octanol–water partition coefficient (Wildman–Crippen LogP) is -0.182. The van der Waals surface area contributed by atoms with Gasteiger partial charge in [-0.15, -0.1) is 0 Å². The smallest absolute Gasteiger partial charge is 0.278 e. The fourth-order valence-electron chi connectivity index (χ4n) is 0.918. The lowest BCUT2D eigenvalue weighted by molar-refractivity contribution is 0.644. The Balaban J connectivity index is 3.18. The first-order chi connectivity index (χ1) is 5.66. The molecule has 66 valence electrons. The second kappa shape index (κ2) is 3.25. The quantitative estimate of drug-likeness (QED) is 0.641. The Labute approximate surface area is 70.0 Å². The lowest BCUT2D eigenvalue weighted by Crippen LogP contribution is -2.24. The molecule has 4 N–H and O–H groups in total. The van der Waals surface area contributed by atoms with Crippen LogP contribution in [0.4, 0.5) is 11.5 Å². The van der Waals surface area contributed by atoms with E-state index in [9.17, 15) is 4.79 Å². The summed E-state index contributed by atoms with van der Waals surface area (Å²) in [6, 6.07) is 0. The van der Waals surface area contributed by atoms with E-state index in [1.165, 1.54) is 10.9 Å². The van der Waals surface area contributed by atoms with E-state index in [1.54, 1.807) is 0 Å². The summed E-state index contributed by atoms with van der Waals surface area (Å²) in [5.74, 6) is 0.104. The Hall–Kier alpha value is -1.52. The van der Waals surface area contributed by atoms with Crippen molar-refractivity contribution in [3.05, 3.63) is 16.7 Å². The monoisotopic (exact) mass is 168 g/mol. The SMILES string of the molecule is CCCn1cnc(N)c(N)c1=O. The van der Waals surface area contributed by atoms with E-state index >= 15 is 0 Å². The summed E-state index contributed by atoms with van der Waals surface area (Å²) in [6.07, 6.45) is 2.28. The fraction of sp³-hybridized carbons (Fsp3) is 0.429. The van der Waals surface area contributed by atoms with Gasteiger partial charge >= 0.3 is 0 Å². The molecule has 0 aliphatic heterocycles. The molecule has 0 unspecified atom stereocenters. The number of nitrogen functional groups attached to an aromatic ring is 2. The molecule has 1 aromatic heterocycles. The maximum absolute atomic E-state index is 11.3. The van der Waals surface area contributed by atoms with Crippen LogP contribution in [0.2, 0.25) is 0 Å². The van der Waals surface area contributed by atoms with Crippen LogP contribution in [0.25, 0.3) is 0 Å². The molecule has 0 spiro atoms. The molecule has 0 saturated heterocycles. The average Bonchev–Trinajstić information content (AvgIpc) is 2.07. The number of nitrogens with zero attached hydrogens (tertiary/aromatic N) is 2. The fourth-order valence-corrected chi connectivity index (χ4v) is 0.918. The van der Waals surface area contributed by atoms with E-state index in [0.717, 1.165) is 6.42 Å². The predicted molar refractivity (Wildman–Crippen MR) is 47.6 cm³/mol. The summed E-state index contributed by atoms with van der Waals surface area (Å²) in [6.45, 7) is 2.59. The van der Waals surface area contributed by atoms with Crippen molar-refractivity contribution < 1.29 is 0 Å². The Kier molecular flexibility index (Phi) is 2.32. The van der Waals surface area contributed by atoms with Gasteiger partial charge in [0.15, 0.2) is 5.82 Å². The Morgan fingerprint density at radius 2 is 2.25 bits per heavy atom. The van der Waals surface area contributed by atoms with Gasteiger partial charge in [0.1, 0.15) is 5.69 Å². The van der Waals surface area contributed by atoms with Gasteiger partial charge in [0.05, 0.1) is 6.33 Å². The topological polar surface area (TPSA) is 86.9 Å². The highest BCUT2D eigenvalue weighted by Crippen LogP contribution is 2.01. The number of hydrogen-bond donors (Lipinski definition) is 2. The normalized spacial score (nSPS) is 10.1. The van der Waals surface area contributed by atoms with Gasteiger partial charge in [-0.25, -0.2) is 4.98 Å². The van der Waals surface area contributed by atoms with Gasteiger partial charge in [0.2, 0.25) is 0 Å². The van der Waals surface area contributed by atoms with Crippen molar-refractivity contribution in [3.63, 3.8) is 0 Å². The Morgan fingerprint density at radius 3 is 2.83 bits per heavy atom. The van der Waals surface area contributed by atoms with Crippen LogP contribution < -0.4 is 17.0 Å². The second-order valence-corrected chi connectivity index (χ2v) is 2.54. The Bertz CT molecular complexity index is 331. The highest BCUT2D eigenvalue weighted by Gasteiger charge is 2.03. The number of nitrogens with two attached hydrogens (primary N) is 2. The number of aromatic nitrogens is 2. The summed E-state index contributed by atoms with van der Waals surface area (Å²) in [5.41, 5.74) is 10.5. The van der Waals surface area contributed by atoms with Crippen LogP contribution in [-0.2, 0) is 6.54 Å². The van der Waals surface area contributed by atoms with Gasteiger partial charge in [0.25, 0.3) is 5.56 Å². The van der Waals surface area contributed by atoms with Crippen molar-refractivity contribution in [2.45, 2.75) is 19.9 Å². The standard InChI is InChI=1S/C7H12N4O/c1-2-3-11-4-10-6(9)5(8)7(11)12/h4H,2-3,8-9H2,1H3. The van der Waals surface area contributed by atoms with E-state index < -0.39 is 0 Å². The molecular formula is C7H12N4O. The molecule has 0 bridgehead atoms. The molecular weight excluding hydrogens is 156 g/mol. The van der Waals surface area contributed by atoms with Crippen molar-refractivity contribution in [3.8, 4) is 0 Å². The van der Waals surface area contributed by atoms with Crippen LogP contribution in [0.1, 0.15) is 13.3 Å². The van der Waals surface area contributed by atoms with E-state index in [2.05, 4.69) is 4.98 Å². The molecule has 0 aliphatic rings. The largest absolute Gasteiger partial charge is 0.391 e. The average molecular weight is 168 g/mol. The van der Waals surface area contributed by atoms with Gasteiger partial charge in [0, 0.05) is 6.54 Å². The highest BCUT2D eigenvalue weighted by atomic mass is 16.1. The van der Waals surface area contributed by atoms with Crippen LogP contribution in [0.3, 0.4) is 0 Å². The highest BCUT2D eigenvalue weighted by molar-refractivity contribution is 5.55. The Morgan fingerprint density at radius 1 is 1.58 bits per heavy atom. The van der Waals surface area contributed by atoms with Crippen molar-refractivity contribution in [1.82, 2.24) is 9.55 Å². The van der Waals surface area contributed by atoms with Crippen LogP contribution in [0.15, 0.2) is 11.1 Å². The van der Waals surface area contributed by atoms with Crippen molar-refractivity contribution >= 4 is 11.5 Å². The first-order valence-corrected chi connectivity index (χ1v) is 3.77. The van der Waals surface area contributed by atoms with Gasteiger partial charge in [-0.3, -0.25) is 9.36 Å². The van der Waals surface area contributed by atoms with E-state index in [4.69, 9.17) is 11.5 Å². The summed E-state index contributed by atoms with van der Waals surface area (Å²) < 4.78 is 1.45. The molecule has 0 amide bonds. The van der Waals surface area contributed by atoms with Crippen LogP contribution >= 0.6 is 0 Å². The molecule has 0 aliphatic carbocycles. The summed E-state index contributed by atoms with van der Waals surface area (Å²) in [5, 5.41) is 0. The lowest BCUT2D eigenvalue weighted by Gasteiger charge is -2.04. The first-order valence-electron chi connectivity index (χ1n) is 3.77. The van der Waals surface area contributed by atoms with E-state index in [1.807, 2.05) is 6.92 Å². The zero-order valence-corrected chi connectivity index (χ0v) is 6.95. The summed E-state index contributed by atoms with van der Waals surface area (Å²) >= 11 is 0. The molecule has 1 aromatic rings. The van der Waals surface area contributed by atoms with Gasteiger partial charge in [-0.1, -0.05) is 6.92 Å². The first kappa shape index (κ1) is 8.58. The molecule has 1 heterocycles. The lowest BCUT2D eigenvalue weighted by atomic mass is 10.4. The number of hydrogen-bond acceptors (Lipinski definition) is 4. The van der Waals surface area contributed by atoms with Crippen LogP contribution in [-0.4, -0.2) is 9.55 Å². The summed E-state index contributed by atoms with van der Waals surface area (Å²) in [7, 11) is 0. The molecule has 0 saturated carbocycles. The molecule has 0 radical (unpaired) electrons. The second-order valence-electron chi connectivity index (χ2n) is 2.54. The molecule has 5 heteroatoms. The number of aryl methyl sites for hydroxylation is 1.